The first-order chi connectivity index (χ1) is 7.24. The summed E-state index contributed by atoms with van der Waals surface area (Å²) in [4.78, 5) is 16.6. The molecule has 1 saturated heterocycles. The Morgan fingerprint density at radius 3 is 3.20 bits per heavy atom. The van der Waals surface area contributed by atoms with E-state index in [0.717, 1.165) is 17.9 Å². The maximum atomic E-state index is 11.5. The molecule has 15 heavy (non-hydrogen) atoms. The van der Waals surface area contributed by atoms with Gasteiger partial charge in [0.2, 0.25) is 0 Å². The minimum atomic E-state index is -0.208. The summed E-state index contributed by atoms with van der Waals surface area (Å²) in [6, 6.07) is -0.0779. The minimum Gasteiger partial charge on any atom is -0.379 e. The van der Waals surface area contributed by atoms with Crippen molar-refractivity contribution in [1.29, 1.82) is 0 Å². The van der Waals surface area contributed by atoms with Crippen LogP contribution in [0.4, 0.5) is 9.93 Å². The number of amides is 2. The molecule has 1 aliphatic rings. The molecular formula is C9H13N3O2S. The summed E-state index contributed by atoms with van der Waals surface area (Å²) in [5.41, 5.74) is 0. The van der Waals surface area contributed by atoms with Crippen molar-refractivity contribution < 1.29 is 9.53 Å². The number of aromatic nitrogens is 1. The highest BCUT2D eigenvalue weighted by Crippen LogP contribution is 2.16. The van der Waals surface area contributed by atoms with Crippen LogP contribution in [0.2, 0.25) is 0 Å². The number of thiazole rings is 1. The van der Waals surface area contributed by atoms with Gasteiger partial charge in [-0.2, -0.15) is 0 Å². The van der Waals surface area contributed by atoms with Crippen LogP contribution in [0, 0.1) is 6.92 Å². The molecule has 1 atom stereocenters. The number of hydrogen-bond donors (Lipinski definition) is 2. The largest absolute Gasteiger partial charge is 0.379 e. The summed E-state index contributed by atoms with van der Waals surface area (Å²) < 4.78 is 5.16. The number of hydrogen-bond acceptors (Lipinski definition) is 4. The summed E-state index contributed by atoms with van der Waals surface area (Å²) in [5, 5.41) is 6.15. The van der Waals surface area contributed by atoms with Gasteiger partial charge in [-0.1, -0.05) is 0 Å². The molecule has 82 valence electrons. The molecule has 0 radical (unpaired) electrons. The maximum absolute atomic E-state index is 11.5. The fourth-order valence-electron chi connectivity index (χ4n) is 1.38. The molecule has 5 nitrogen and oxygen atoms in total. The number of nitrogens with one attached hydrogen (secondary N) is 2. The van der Waals surface area contributed by atoms with E-state index >= 15 is 0 Å². The summed E-state index contributed by atoms with van der Waals surface area (Å²) in [6.07, 6.45) is 2.61. The molecule has 0 spiro atoms. The van der Waals surface area contributed by atoms with E-state index in [2.05, 4.69) is 15.6 Å². The molecule has 2 heterocycles. The third kappa shape index (κ3) is 2.90. The average Bonchev–Trinajstić information content (AvgIpc) is 2.77. The molecule has 1 aromatic rings. The van der Waals surface area contributed by atoms with E-state index in [-0.39, 0.29) is 12.1 Å². The predicted octanol–water partition coefficient (Wildman–Crippen LogP) is 1.36. The van der Waals surface area contributed by atoms with Crippen molar-refractivity contribution in [3.8, 4) is 0 Å². The molecule has 2 N–H and O–H groups in total. The van der Waals surface area contributed by atoms with Gasteiger partial charge in [0.25, 0.3) is 0 Å². The SMILES string of the molecule is Cc1cnc(NC(=O)NC2CCOC2)s1. The number of anilines is 1. The average molecular weight is 227 g/mol. The summed E-state index contributed by atoms with van der Waals surface area (Å²) in [6.45, 7) is 3.27. The van der Waals surface area contributed by atoms with E-state index in [9.17, 15) is 4.79 Å². The number of urea groups is 1. The Kier molecular flexibility index (Phi) is 3.17. The van der Waals surface area contributed by atoms with Crippen molar-refractivity contribution in [2.24, 2.45) is 0 Å². The van der Waals surface area contributed by atoms with Crippen LogP contribution in [-0.4, -0.2) is 30.3 Å². The van der Waals surface area contributed by atoms with Crippen LogP contribution in [0.5, 0.6) is 0 Å². The highest BCUT2D eigenvalue weighted by molar-refractivity contribution is 7.15. The van der Waals surface area contributed by atoms with Gasteiger partial charge in [-0.05, 0) is 13.3 Å². The summed E-state index contributed by atoms with van der Waals surface area (Å²) in [7, 11) is 0. The Hall–Kier alpha value is -1.14. The summed E-state index contributed by atoms with van der Waals surface area (Å²) >= 11 is 1.46. The number of carbonyl (C=O) groups excluding carboxylic acids is 1. The Morgan fingerprint density at radius 1 is 1.73 bits per heavy atom. The molecule has 1 aromatic heterocycles. The standard InChI is InChI=1S/C9H13N3O2S/c1-6-4-10-9(15-6)12-8(13)11-7-2-3-14-5-7/h4,7H,2-3,5H2,1H3,(H2,10,11,12,13). The van der Waals surface area contributed by atoms with Gasteiger partial charge in [-0.25, -0.2) is 9.78 Å². The maximum Gasteiger partial charge on any atom is 0.321 e. The number of ether oxygens (including phenoxy) is 1. The molecule has 1 aliphatic heterocycles. The van der Waals surface area contributed by atoms with E-state index < -0.39 is 0 Å². The molecule has 0 bridgehead atoms. The second kappa shape index (κ2) is 4.59. The monoisotopic (exact) mass is 227 g/mol. The van der Waals surface area contributed by atoms with Crippen molar-refractivity contribution >= 4 is 22.5 Å². The third-order valence-electron chi connectivity index (χ3n) is 2.11. The first-order valence-corrected chi connectivity index (χ1v) is 5.63. The van der Waals surface area contributed by atoms with Gasteiger partial charge in [0, 0.05) is 17.7 Å². The van der Waals surface area contributed by atoms with Crippen LogP contribution in [0.25, 0.3) is 0 Å². The predicted molar refractivity (Wildman–Crippen MR) is 58.2 cm³/mol. The van der Waals surface area contributed by atoms with Crippen molar-refractivity contribution in [2.45, 2.75) is 19.4 Å². The van der Waals surface area contributed by atoms with Gasteiger partial charge >= 0.3 is 6.03 Å². The van der Waals surface area contributed by atoms with Crippen LogP contribution < -0.4 is 10.6 Å². The van der Waals surface area contributed by atoms with Crippen molar-refractivity contribution in [3.63, 3.8) is 0 Å². The fraction of sp³-hybridized carbons (Fsp3) is 0.556. The molecular weight excluding hydrogens is 214 g/mol. The van der Waals surface area contributed by atoms with E-state index in [1.165, 1.54) is 11.3 Å². The first-order valence-electron chi connectivity index (χ1n) is 4.82. The lowest BCUT2D eigenvalue weighted by atomic mass is 10.3. The van der Waals surface area contributed by atoms with Gasteiger partial charge in [0.1, 0.15) is 0 Å². The molecule has 0 aliphatic carbocycles. The quantitative estimate of drug-likeness (QED) is 0.802. The second-order valence-electron chi connectivity index (χ2n) is 3.44. The highest BCUT2D eigenvalue weighted by Gasteiger charge is 2.17. The van der Waals surface area contributed by atoms with E-state index in [4.69, 9.17) is 4.74 Å². The second-order valence-corrected chi connectivity index (χ2v) is 4.67. The Bertz CT molecular complexity index is 347. The lowest BCUT2D eigenvalue weighted by Crippen LogP contribution is -2.38. The zero-order chi connectivity index (χ0) is 10.7. The van der Waals surface area contributed by atoms with Gasteiger partial charge < -0.3 is 10.1 Å². The number of nitrogens with zero attached hydrogens (tertiary/aromatic N) is 1. The van der Waals surface area contributed by atoms with Crippen molar-refractivity contribution in [1.82, 2.24) is 10.3 Å². The highest BCUT2D eigenvalue weighted by atomic mass is 32.1. The molecule has 2 amide bonds. The van der Waals surface area contributed by atoms with Gasteiger partial charge in [0.15, 0.2) is 5.13 Å². The van der Waals surface area contributed by atoms with Gasteiger partial charge in [0.05, 0.1) is 12.6 Å². The minimum absolute atomic E-state index is 0.131. The van der Waals surface area contributed by atoms with Crippen LogP contribution in [0.3, 0.4) is 0 Å². The summed E-state index contributed by atoms with van der Waals surface area (Å²) in [5.74, 6) is 0. The van der Waals surface area contributed by atoms with E-state index in [1.54, 1.807) is 6.20 Å². The van der Waals surface area contributed by atoms with Crippen molar-refractivity contribution in [2.75, 3.05) is 18.5 Å². The lowest BCUT2D eigenvalue weighted by molar-refractivity contribution is 0.189. The topological polar surface area (TPSA) is 63.2 Å². The molecule has 2 rings (SSSR count). The zero-order valence-corrected chi connectivity index (χ0v) is 9.26. The molecule has 1 unspecified atom stereocenters. The molecule has 0 saturated carbocycles. The number of aryl methyl sites for hydroxylation is 1. The first kappa shape index (κ1) is 10.4. The van der Waals surface area contributed by atoms with Crippen LogP contribution in [0.15, 0.2) is 6.20 Å². The Morgan fingerprint density at radius 2 is 2.60 bits per heavy atom. The van der Waals surface area contributed by atoms with Crippen LogP contribution in [-0.2, 0) is 4.74 Å². The Labute approximate surface area is 91.9 Å². The Balaban J connectivity index is 1.81. The molecule has 6 heteroatoms. The number of carbonyl (C=O) groups is 1. The molecule has 0 aromatic carbocycles. The number of rotatable bonds is 2. The normalized spacial score (nSPS) is 20.2. The lowest BCUT2D eigenvalue weighted by Gasteiger charge is -2.09. The third-order valence-corrected chi connectivity index (χ3v) is 2.93. The van der Waals surface area contributed by atoms with E-state index in [0.29, 0.717) is 11.7 Å². The molecule has 1 fully saturated rings. The van der Waals surface area contributed by atoms with Crippen LogP contribution >= 0.6 is 11.3 Å². The van der Waals surface area contributed by atoms with Gasteiger partial charge in [-0.15, -0.1) is 11.3 Å². The van der Waals surface area contributed by atoms with Gasteiger partial charge in [-0.3, -0.25) is 5.32 Å². The van der Waals surface area contributed by atoms with Crippen molar-refractivity contribution in [3.05, 3.63) is 11.1 Å². The van der Waals surface area contributed by atoms with E-state index in [1.807, 2.05) is 6.92 Å². The smallest absolute Gasteiger partial charge is 0.321 e. The fourth-order valence-corrected chi connectivity index (χ4v) is 2.04. The van der Waals surface area contributed by atoms with Crippen LogP contribution in [0.1, 0.15) is 11.3 Å². The zero-order valence-electron chi connectivity index (χ0n) is 8.45.